The van der Waals surface area contributed by atoms with Crippen molar-refractivity contribution < 1.29 is 14.3 Å². The third-order valence-corrected chi connectivity index (χ3v) is 6.61. The molecule has 0 saturated carbocycles. The van der Waals surface area contributed by atoms with Crippen molar-refractivity contribution in [1.82, 2.24) is 5.32 Å². The summed E-state index contributed by atoms with van der Waals surface area (Å²) in [6, 6.07) is 15.4. The van der Waals surface area contributed by atoms with Gasteiger partial charge >= 0.3 is 5.97 Å². The number of carbonyl (C=O) groups is 1. The number of thiophene rings is 1. The lowest BCUT2D eigenvalue weighted by molar-refractivity contribution is 0.0600. The summed E-state index contributed by atoms with van der Waals surface area (Å²) in [5.41, 5.74) is 4.38. The fourth-order valence-corrected chi connectivity index (χ4v) is 4.68. The molecule has 3 rings (SSSR count). The van der Waals surface area contributed by atoms with E-state index in [2.05, 4.69) is 35.1 Å². The number of methoxy groups -OCH3 is 1. The van der Waals surface area contributed by atoms with Gasteiger partial charge in [0.15, 0.2) is 0 Å². The quantitative estimate of drug-likeness (QED) is 0.304. The van der Waals surface area contributed by atoms with Crippen LogP contribution in [0.5, 0.6) is 5.75 Å². The van der Waals surface area contributed by atoms with Crippen LogP contribution in [-0.2, 0) is 24.3 Å². The Balaban J connectivity index is 1.53. The zero-order chi connectivity index (χ0) is 21.5. The lowest BCUT2D eigenvalue weighted by Gasteiger charge is -2.11. The van der Waals surface area contributed by atoms with Gasteiger partial charge in [-0.05, 0) is 74.3 Å². The predicted octanol–water partition coefficient (Wildman–Crippen LogP) is 5.83. The Bertz CT molecular complexity index is 981. The molecule has 4 nitrogen and oxygen atoms in total. The molecule has 0 aliphatic rings. The molecule has 0 unspecified atom stereocenters. The van der Waals surface area contributed by atoms with Crippen LogP contribution in [0, 0.1) is 13.8 Å². The van der Waals surface area contributed by atoms with Gasteiger partial charge in [-0.25, -0.2) is 4.79 Å². The van der Waals surface area contributed by atoms with E-state index >= 15 is 0 Å². The van der Waals surface area contributed by atoms with Gasteiger partial charge in [-0.15, -0.1) is 11.3 Å². The Morgan fingerprint density at radius 1 is 1.00 bits per heavy atom. The van der Waals surface area contributed by atoms with Crippen LogP contribution in [-0.4, -0.2) is 19.6 Å². The van der Waals surface area contributed by atoms with Gasteiger partial charge in [-0.3, -0.25) is 0 Å². The number of esters is 1. The van der Waals surface area contributed by atoms with Gasteiger partial charge in [0.25, 0.3) is 0 Å². The van der Waals surface area contributed by atoms with E-state index < -0.39 is 0 Å². The van der Waals surface area contributed by atoms with Crippen LogP contribution in [0.1, 0.15) is 36.8 Å². The SMILES string of the molecule is COC(=O)c1ccc(CNCCc2c(C)sc(C)c2COc2ccc(Br)cc2)cc1. The number of halogens is 1. The van der Waals surface area contributed by atoms with E-state index in [0.29, 0.717) is 12.2 Å². The second-order valence-electron chi connectivity index (χ2n) is 7.03. The molecule has 30 heavy (non-hydrogen) atoms. The first-order valence-corrected chi connectivity index (χ1v) is 11.4. The van der Waals surface area contributed by atoms with Gasteiger partial charge < -0.3 is 14.8 Å². The highest BCUT2D eigenvalue weighted by Gasteiger charge is 2.13. The number of rotatable bonds is 9. The molecule has 158 valence electrons. The normalized spacial score (nSPS) is 10.8. The Hall–Kier alpha value is -2.15. The fraction of sp³-hybridized carbons (Fsp3) is 0.292. The molecule has 0 saturated heterocycles. The molecule has 6 heteroatoms. The van der Waals surface area contributed by atoms with E-state index in [0.717, 1.165) is 35.3 Å². The second-order valence-corrected chi connectivity index (χ2v) is 9.37. The van der Waals surface area contributed by atoms with E-state index in [1.165, 1.54) is 28.0 Å². The van der Waals surface area contributed by atoms with Crippen LogP contribution in [0.25, 0.3) is 0 Å². The highest BCUT2D eigenvalue weighted by molar-refractivity contribution is 9.10. The maximum atomic E-state index is 11.5. The number of hydrogen-bond donors (Lipinski definition) is 1. The standard InChI is InChI=1S/C24H26BrNO3S/c1-16-22(12-13-26-14-18-4-6-19(7-5-18)24(27)28-3)23(17(2)30-16)15-29-21-10-8-20(25)9-11-21/h4-11,26H,12-15H2,1-3H3. The average molecular weight is 488 g/mol. The van der Waals surface area contributed by atoms with Crippen LogP contribution in [0.3, 0.4) is 0 Å². The Labute approximate surface area is 190 Å². The summed E-state index contributed by atoms with van der Waals surface area (Å²) in [5.74, 6) is 0.566. The number of carbonyl (C=O) groups excluding carboxylic acids is 1. The van der Waals surface area contributed by atoms with E-state index in [1.54, 1.807) is 12.1 Å². The van der Waals surface area contributed by atoms with Gasteiger partial charge in [0.05, 0.1) is 12.7 Å². The minimum atomic E-state index is -0.310. The first-order chi connectivity index (χ1) is 14.5. The zero-order valence-corrected chi connectivity index (χ0v) is 19.9. The summed E-state index contributed by atoms with van der Waals surface area (Å²) in [5, 5.41) is 3.50. The summed E-state index contributed by atoms with van der Waals surface area (Å²) in [6.45, 7) is 6.57. The van der Waals surface area contributed by atoms with Gasteiger partial charge in [0.2, 0.25) is 0 Å². The van der Waals surface area contributed by atoms with Crippen LogP contribution in [0.4, 0.5) is 0 Å². The largest absolute Gasteiger partial charge is 0.489 e. The van der Waals surface area contributed by atoms with E-state index in [4.69, 9.17) is 9.47 Å². The van der Waals surface area contributed by atoms with Gasteiger partial charge in [-0.2, -0.15) is 0 Å². The molecule has 0 radical (unpaired) electrons. The summed E-state index contributed by atoms with van der Waals surface area (Å²) < 4.78 is 11.8. The Kier molecular flexibility index (Phi) is 8.08. The molecule has 0 bridgehead atoms. The van der Waals surface area contributed by atoms with Crippen molar-refractivity contribution in [3.63, 3.8) is 0 Å². The maximum Gasteiger partial charge on any atom is 0.337 e. The molecule has 0 aliphatic carbocycles. The van der Waals surface area contributed by atoms with E-state index in [-0.39, 0.29) is 5.97 Å². The molecule has 1 N–H and O–H groups in total. The van der Waals surface area contributed by atoms with Crippen LogP contribution >= 0.6 is 27.3 Å². The minimum absolute atomic E-state index is 0.310. The van der Waals surface area contributed by atoms with Crippen LogP contribution in [0.15, 0.2) is 53.0 Å². The molecule has 0 amide bonds. The van der Waals surface area contributed by atoms with Crippen molar-refractivity contribution in [2.45, 2.75) is 33.4 Å². The highest BCUT2D eigenvalue weighted by Crippen LogP contribution is 2.29. The van der Waals surface area contributed by atoms with Crippen molar-refractivity contribution in [2.75, 3.05) is 13.7 Å². The van der Waals surface area contributed by atoms with Crippen molar-refractivity contribution in [3.05, 3.63) is 85.0 Å². The monoisotopic (exact) mass is 487 g/mol. The molecular weight excluding hydrogens is 462 g/mol. The number of hydrogen-bond acceptors (Lipinski definition) is 5. The van der Waals surface area contributed by atoms with E-state index in [1.807, 2.05) is 47.7 Å². The summed E-state index contributed by atoms with van der Waals surface area (Å²) in [4.78, 5) is 14.2. The van der Waals surface area contributed by atoms with Gasteiger partial charge in [0, 0.05) is 26.3 Å². The highest BCUT2D eigenvalue weighted by atomic mass is 79.9. The minimum Gasteiger partial charge on any atom is -0.489 e. The average Bonchev–Trinajstić information content (AvgIpc) is 3.03. The van der Waals surface area contributed by atoms with Crippen molar-refractivity contribution in [1.29, 1.82) is 0 Å². The first-order valence-electron chi connectivity index (χ1n) is 9.82. The Morgan fingerprint density at radius 3 is 2.33 bits per heavy atom. The molecule has 2 aromatic carbocycles. The molecule has 0 fully saturated rings. The molecule has 1 aromatic heterocycles. The lowest BCUT2D eigenvalue weighted by atomic mass is 10.1. The second kappa shape index (κ2) is 10.8. The molecule has 0 spiro atoms. The smallest absolute Gasteiger partial charge is 0.337 e. The summed E-state index contributed by atoms with van der Waals surface area (Å²) in [7, 11) is 1.39. The number of ether oxygens (including phenoxy) is 2. The summed E-state index contributed by atoms with van der Waals surface area (Å²) >= 11 is 5.29. The molecular formula is C24H26BrNO3S. The predicted molar refractivity (Wildman–Crippen MR) is 125 cm³/mol. The van der Waals surface area contributed by atoms with Crippen LogP contribution in [0.2, 0.25) is 0 Å². The number of nitrogens with one attached hydrogen (secondary N) is 1. The number of benzene rings is 2. The topological polar surface area (TPSA) is 47.6 Å². The first kappa shape index (κ1) is 22.5. The third-order valence-electron chi connectivity index (χ3n) is 4.97. The summed E-state index contributed by atoms with van der Waals surface area (Å²) in [6.07, 6.45) is 0.954. The molecule has 0 aliphatic heterocycles. The fourth-order valence-electron chi connectivity index (χ4n) is 3.30. The van der Waals surface area contributed by atoms with Gasteiger partial charge in [-0.1, -0.05) is 28.1 Å². The molecule has 3 aromatic rings. The zero-order valence-electron chi connectivity index (χ0n) is 17.5. The molecule has 1 heterocycles. The van der Waals surface area contributed by atoms with Crippen molar-refractivity contribution in [3.8, 4) is 5.75 Å². The maximum absolute atomic E-state index is 11.5. The van der Waals surface area contributed by atoms with Crippen molar-refractivity contribution >= 4 is 33.2 Å². The molecule has 0 atom stereocenters. The van der Waals surface area contributed by atoms with Crippen molar-refractivity contribution in [2.24, 2.45) is 0 Å². The van der Waals surface area contributed by atoms with Crippen LogP contribution < -0.4 is 10.1 Å². The lowest BCUT2D eigenvalue weighted by Crippen LogP contribution is -2.17. The number of aryl methyl sites for hydroxylation is 2. The Morgan fingerprint density at radius 2 is 1.67 bits per heavy atom. The van der Waals surface area contributed by atoms with Gasteiger partial charge in [0.1, 0.15) is 12.4 Å². The van der Waals surface area contributed by atoms with E-state index in [9.17, 15) is 4.79 Å². The third kappa shape index (κ3) is 5.94.